The van der Waals surface area contributed by atoms with Gasteiger partial charge in [-0.1, -0.05) is 6.07 Å². The summed E-state index contributed by atoms with van der Waals surface area (Å²) in [5, 5.41) is 2.12. The van der Waals surface area contributed by atoms with Crippen molar-refractivity contribution in [1.82, 2.24) is 4.98 Å². The zero-order valence-corrected chi connectivity index (χ0v) is 9.33. The maximum absolute atomic E-state index is 5.84. The average molecular weight is 218 g/mol. The minimum absolute atomic E-state index is 0.858. The second-order valence-electron chi connectivity index (χ2n) is 3.51. The first-order valence-corrected chi connectivity index (χ1v) is 5.95. The second kappa shape index (κ2) is 4.94. The van der Waals surface area contributed by atoms with Crippen molar-refractivity contribution in [3.8, 4) is 0 Å². The van der Waals surface area contributed by atoms with Gasteiger partial charge < -0.3 is 5.73 Å². The molecular weight excluding hydrogens is 204 g/mol. The van der Waals surface area contributed by atoms with Crippen LogP contribution in [0.25, 0.3) is 0 Å². The summed E-state index contributed by atoms with van der Waals surface area (Å²) < 4.78 is 0. The van der Waals surface area contributed by atoms with E-state index in [1.807, 2.05) is 23.6 Å². The first-order valence-electron chi connectivity index (χ1n) is 5.07. The van der Waals surface area contributed by atoms with Crippen LogP contribution >= 0.6 is 11.3 Å². The van der Waals surface area contributed by atoms with Gasteiger partial charge >= 0.3 is 0 Å². The number of nitrogens with zero attached hydrogens (tertiary/aromatic N) is 1. The predicted molar refractivity (Wildman–Crippen MR) is 65.0 cm³/mol. The normalized spacial score (nSPS) is 10.4. The Bertz CT molecular complexity index is 409. The van der Waals surface area contributed by atoms with Crippen LogP contribution in [0, 0.1) is 0 Å². The van der Waals surface area contributed by atoms with E-state index in [0.717, 1.165) is 30.5 Å². The zero-order chi connectivity index (χ0) is 10.5. The van der Waals surface area contributed by atoms with E-state index in [1.54, 1.807) is 6.20 Å². The highest BCUT2D eigenvalue weighted by Gasteiger charge is 1.99. The summed E-state index contributed by atoms with van der Waals surface area (Å²) in [5.74, 6) is 0. The standard InChI is InChI=1S/C12H14N2S/c13-12-6-7-14-9-10(12)3-1-4-11-5-2-8-15-11/h2,5-9H,1,3-4H2,(H2,13,14). The van der Waals surface area contributed by atoms with E-state index in [1.165, 1.54) is 4.88 Å². The van der Waals surface area contributed by atoms with E-state index < -0.39 is 0 Å². The molecule has 0 spiro atoms. The lowest BCUT2D eigenvalue weighted by Crippen LogP contribution is -1.96. The summed E-state index contributed by atoms with van der Waals surface area (Å²) in [5.41, 5.74) is 7.86. The number of aryl methyl sites for hydroxylation is 2. The van der Waals surface area contributed by atoms with Gasteiger partial charge in [0.25, 0.3) is 0 Å². The monoisotopic (exact) mass is 218 g/mol. The average Bonchev–Trinajstić information content (AvgIpc) is 2.74. The number of pyridine rings is 1. The van der Waals surface area contributed by atoms with Crippen LogP contribution in [0.3, 0.4) is 0 Å². The molecular formula is C12H14N2S. The fourth-order valence-corrected chi connectivity index (χ4v) is 2.31. The molecule has 0 aromatic carbocycles. The molecule has 0 amide bonds. The molecule has 2 heterocycles. The van der Waals surface area contributed by atoms with Gasteiger partial charge in [-0.2, -0.15) is 0 Å². The van der Waals surface area contributed by atoms with Crippen molar-refractivity contribution in [2.45, 2.75) is 19.3 Å². The molecule has 2 N–H and O–H groups in total. The van der Waals surface area contributed by atoms with Gasteiger partial charge in [0.1, 0.15) is 0 Å². The zero-order valence-electron chi connectivity index (χ0n) is 8.52. The summed E-state index contributed by atoms with van der Waals surface area (Å²) in [6, 6.07) is 6.14. The molecule has 0 aliphatic heterocycles. The molecule has 15 heavy (non-hydrogen) atoms. The maximum Gasteiger partial charge on any atom is 0.0377 e. The lowest BCUT2D eigenvalue weighted by molar-refractivity contribution is 0.829. The largest absolute Gasteiger partial charge is 0.398 e. The summed E-state index contributed by atoms with van der Waals surface area (Å²) >= 11 is 1.82. The smallest absolute Gasteiger partial charge is 0.0377 e. The first-order chi connectivity index (χ1) is 7.36. The third-order valence-corrected chi connectivity index (χ3v) is 3.33. The number of nitrogens with two attached hydrogens (primary N) is 1. The third-order valence-electron chi connectivity index (χ3n) is 2.39. The fraction of sp³-hybridized carbons (Fsp3) is 0.250. The number of rotatable bonds is 4. The van der Waals surface area contributed by atoms with Crippen LogP contribution < -0.4 is 5.73 Å². The lowest BCUT2D eigenvalue weighted by atomic mass is 10.1. The van der Waals surface area contributed by atoms with Crippen molar-refractivity contribution in [3.63, 3.8) is 0 Å². The van der Waals surface area contributed by atoms with E-state index in [-0.39, 0.29) is 0 Å². The molecule has 2 aromatic rings. The number of hydrogen-bond acceptors (Lipinski definition) is 3. The van der Waals surface area contributed by atoms with Gasteiger partial charge in [0.2, 0.25) is 0 Å². The maximum atomic E-state index is 5.84. The highest BCUT2D eigenvalue weighted by Crippen LogP contribution is 2.15. The topological polar surface area (TPSA) is 38.9 Å². The van der Waals surface area contributed by atoms with Crippen molar-refractivity contribution in [3.05, 3.63) is 46.4 Å². The predicted octanol–water partition coefficient (Wildman–Crippen LogP) is 2.90. The van der Waals surface area contributed by atoms with E-state index in [9.17, 15) is 0 Å². The van der Waals surface area contributed by atoms with Crippen LogP contribution in [0.2, 0.25) is 0 Å². The molecule has 0 radical (unpaired) electrons. The molecule has 2 aromatic heterocycles. The SMILES string of the molecule is Nc1ccncc1CCCc1cccs1. The van der Waals surface area contributed by atoms with Gasteiger partial charge in [-0.05, 0) is 42.3 Å². The van der Waals surface area contributed by atoms with E-state index >= 15 is 0 Å². The van der Waals surface area contributed by atoms with Crippen molar-refractivity contribution >= 4 is 17.0 Å². The van der Waals surface area contributed by atoms with Gasteiger partial charge in [0.05, 0.1) is 0 Å². The minimum Gasteiger partial charge on any atom is -0.398 e. The number of nitrogen functional groups attached to an aromatic ring is 1. The first kappa shape index (κ1) is 10.2. The van der Waals surface area contributed by atoms with Crippen molar-refractivity contribution in [2.75, 3.05) is 5.73 Å². The summed E-state index contributed by atoms with van der Waals surface area (Å²) in [7, 11) is 0. The molecule has 78 valence electrons. The van der Waals surface area contributed by atoms with Gasteiger partial charge in [-0.15, -0.1) is 11.3 Å². The summed E-state index contributed by atoms with van der Waals surface area (Å²) in [4.78, 5) is 5.53. The van der Waals surface area contributed by atoms with Crippen LogP contribution in [0.1, 0.15) is 16.9 Å². The van der Waals surface area contributed by atoms with Crippen molar-refractivity contribution in [2.24, 2.45) is 0 Å². The van der Waals surface area contributed by atoms with Crippen LogP contribution in [0.15, 0.2) is 36.0 Å². The third kappa shape index (κ3) is 2.80. The van der Waals surface area contributed by atoms with Crippen molar-refractivity contribution < 1.29 is 0 Å². The van der Waals surface area contributed by atoms with E-state index in [0.29, 0.717) is 0 Å². The molecule has 0 saturated heterocycles. The van der Waals surface area contributed by atoms with Crippen LogP contribution in [-0.4, -0.2) is 4.98 Å². The molecule has 0 unspecified atom stereocenters. The Kier molecular flexibility index (Phi) is 3.35. The molecule has 2 rings (SSSR count). The lowest BCUT2D eigenvalue weighted by Gasteiger charge is -2.03. The molecule has 3 heteroatoms. The Morgan fingerprint density at radius 3 is 2.93 bits per heavy atom. The van der Waals surface area contributed by atoms with Gasteiger partial charge in [-0.3, -0.25) is 4.98 Å². The Labute approximate surface area is 93.8 Å². The molecule has 0 aliphatic carbocycles. The number of thiophene rings is 1. The van der Waals surface area contributed by atoms with E-state index in [2.05, 4.69) is 22.5 Å². The van der Waals surface area contributed by atoms with E-state index in [4.69, 9.17) is 5.73 Å². The number of aromatic nitrogens is 1. The fourth-order valence-electron chi connectivity index (χ4n) is 1.55. The Hall–Kier alpha value is -1.35. The molecule has 0 bridgehead atoms. The van der Waals surface area contributed by atoms with Gasteiger partial charge in [0.15, 0.2) is 0 Å². The Balaban J connectivity index is 1.86. The summed E-state index contributed by atoms with van der Waals surface area (Å²) in [6.07, 6.45) is 6.88. The molecule has 0 aliphatic rings. The Morgan fingerprint density at radius 1 is 1.27 bits per heavy atom. The van der Waals surface area contributed by atoms with Gasteiger partial charge in [-0.25, -0.2) is 0 Å². The summed E-state index contributed by atoms with van der Waals surface area (Å²) in [6.45, 7) is 0. The van der Waals surface area contributed by atoms with Crippen LogP contribution in [0.5, 0.6) is 0 Å². The molecule has 0 fully saturated rings. The number of hydrogen-bond donors (Lipinski definition) is 1. The highest BCUT2D eigenvalue weighted by atomic mass is 32.1. The quantitative estimate of drug-likeness (QED) is 0.857. The van der Waals surface area contributed by atoms with Gasteiger partial charge in [0, 0.05) is 23.0 Å². The minimum atomic E-state index is 0.858. The van der Waals surface area contributed by atoms with Crippen LogP contribution in [-0.2, 0) is 12.8 Å². The molecule has 0 saturated carbocycles. The molecule has 0 atom stereocenters. The second-order valence-corrected chi connectivity index (χ2v) is 4.54. The molecule has 2 nitrogen and oxygen atoms in total. The number of anilines is 1. The highest BCUT2D eigenvalue weighted by molar-refractivity contribution is 7.09. The van der Waals surface area contributed by atoms with Crippen LogP contribution in [0.4, 0.5) is 5.69 Å². The van der Waals surface area contributed by atoms with Crippen molar-refractivity contribution in [1.29, 1.82) is 0 Å². The Morgan fingerprint density at radius 2 is 2.20 bits per heavy atom.